The Balaban J connectivity index is 1.61. The lowest BCUT2D eigenvalue weighted by Crippen LogP contribution is -2.13. The van der Waals surface area contributed by atoms with Crippen LogP contribution in [0.5, 0.6) is 11.5 Å². The summed E-state index contributed by atoms with van der Waals surface area (Å²) in [4.78, 5) is 0. The molecule has 0 radical (unpaired) electrons. The average molecular weight is 287 g/mol. The summed E-state index contributed by atoms with van der Waals surface area (Å²) in [7, 11) is 1.97. The fourth-order valence-corrected chi connectivity index (χ4v) is 2.57. The summed E-state index contributed by atoms with van der Waals surface area (Å²) in [5, 5.41) is 7.99. The first-order chi connectivity index (χ1) is 10.1. The predicted octanol–water partition coefficient (Wildman–Crippen LogP) is 2.56. The van der Waals surface area contributed by atoms with E-state index in [2.05, 4.69) is 36.5 Å². The Hall–Kier alpha value is -2.01. The van der Waals surface area contributed by atoms with Gasteiger partial charge < -0.3 is 14.8 Å². The van der Waals surface area contributed by atoms with Crippen molar-refractivity contribution in [2.75, 3.05) is 6.79 Å². The highest BCUT2D eigenvalue weighted by Gasteiger charge is 2.14. The molecule has 1 N–H and O–H groups in total. The number of nitrogens with zero attached hydrogens (tertiary/aromatic N) is 2. The molecule has 0 fully saturated rings. The largest absolute Gasteiger partial charge is 0.454 e. The van der Waals surface area contributed by atoms with Gasteiger partial charge in [0.1, 0.15) is 0 Å². The maximum absolute atomic E-state index is 5.39. The number of hydrogen-bond donors (Lipinski definition) is 1. The van der Waals surface area contributed by atoms with Crippen LogP contribution in [0.1, 0.15) is 36.6 Å². The minimum atomic E-state index is 0.319. The van der Waals surface area contributed by atoms with Gasteiger partial charge in [-0.05, 0) is 23.6 Å². The summed E-state index contributed by atoms with van der Waals surface area (Å²) in [6, 6.07) is 6.05. The molecular formula is C16H21N3O2. The van der Waals surface area contributed by atoms with Gasteiger partial charge in [-0.3, -0.25) is 4.68 Å². The second-order valence-corrected chi connectivity index (χ2v) is 5.66. The molecule has 0 amide bonds. The first kappa shape index (κ1) is 13.9. The van der Waals surface area contributed by atoms with Gasteiger partial charge in [0.25, 0.3) is 0 Å². The van der Waals surface area contributed by atoms with E-state index in [1.54, 1.807) is 0 Å². The lowest BCUT2D eigenvalue weighted by molar-refractivity contribution is 0.174. The molecule has 0 bridgehead atoms. The zero-order chi connectivity index (χ0) is 14.8. The second kappa shape index (κ2) is 5.77. The fourth-order valence-electron chi connectivity index (χ4n) is 2.57. The monoisotopic (exact) mass is 287 g/mol. The van der Waals surface area contributed by atoms with Crippen molar-refractivity contribution in [3.63, 3.8) is 0 Å². The first-order valence-corrected chi connectivity index (χ1v) is 7.25. The first-order valence-electron chi connectivity index (χ1n) is 7.25. The highest BCUT2D eigenvalue weighted by molar-refractivity contribution is 5.44. The van der Waals surface area contributed by atoms with E-state index in [0.717, 1.165) is 30.3 Å². The average Bonchev–Trinajstić information content (AvgIpc) is 3.04. The van der Waals surface area contributed by atoms with E-state index in [4.69, 9.17) is 9.47 Å². The summed E-state index contributed by atoms with van der Waals surface area (Å²) >= 11 is 0. The SMILES string of the molecule is CC(C)c1nn(C)cc1CNCc1ccc2c(c1)OCO2. The number of benzene rings is 1. The zero-order valence-electron chi connectivity index (χ0n) is 12.7. The van der Waals surface area contributed by atoms with Gasteiger partial charge in [-0.25, -0.2) is 0 Å². The number of aromatic nitrogens is 2. The van der Waals surface area contributed by atoms with E-state index in [-0.39, 0.29) is 0 Å². The normalized spacial score (nSPS) is 13.1. The van der Waals surface area contributed by atoms with Crippen molar-refractivity contribution >= 4 is 0 Å². The van der Waals surface area contributed by atoms with Crippen molar-refractivity contribution in [1.29, 1.82) is 0 Å². The highest BCUT2D eigenvalue weighted by atomic mass is 16.7. The molecule has 5 heteroatoms. The van der Waals surface area contributed by atoms with Crippen LogP contribution in [0.3, 0.4) is 0 Å². The van der Waals surface area contributed by atoms with E-state index in [0.29, 0.717) is 12.7 Å². The van der Waals surface area contributed by atoms with Crippen LogP contribution in [-0.4, -0.2) is 16.6 Å². The van der Waals surface area contributed by atoms with Crippen LogP contribution in [0.25, 0.3) is 0 Å². The molecule has 1 aliphatic heterocycles. The van der Waals surface area contributed by atoms with Crippen LogP contribution in [0, 0.1) is 0 Å². The maximum atomic E-state index is 5.39. The minimum Gasteiger partial charge on any atom is -0.454 e. The topological polar surface area (TPSA) is 48.3 Å². The Labute approximate surface area is 124 Å². The molecule has 1 aliphatic rings. The van der Waals surface area contributed by atoms with Crippen molar-refractivity contribution in [3.8, 4) is 11.5 Å². The van der Waals surface area contributed by atoms with Crippen molar-refractivity contribution < 1.29 is 9.47 Å². The zero-order valence-corrected chi connectivity index (χ0v) is 12.7. The summed E-state index contributed by atoms with van der Waals surface area (Å²) in [5.74, 6) is 2.10. The third-order valence-corrected chi connectivity index (χ3v) is 3.57. The van der Waals surface area contributed by atoms with E-state index in [1.807, 2.05) is 23.9 Å². The molecule has 2 heterocycles. The molecule has 1 aromatic carbocycles. The lowest BCUT2D eigenvalue weighted by atomic mass is 10.1. The number of hydrogen-bond acceptors (Lipinski definition) is 4. The number of nitrogens with one attached hydrogen (secondary N) is 1. The number of fused-ring (bicyclic) bond motifs is 1. The van der Waals surface area contributed by atoms with Crippen LogP contribution in [-0.2, 0) is 20.1 Å². The third kappa shape index (κ3) is 3.03. The van der Waals surface area contributed by atoms with Gasteiger partial charge in [-0.1, -0.05) is 19.9 Å². The highest BCUT2D eigenvalue weighted by Crippen LogP contribution is 2.32. The Bertz CT molecular complexity index is 634. The standard InChI is InChI=1S/C16H21N3O2/c1-11(2)16-13(9-19(3)18-16)8-17-7-12-4-5-14-15(6-12)21-10-20-14/h4-6,9,11,17H,7-8,10H2,1-3H3. The summed E-state index contributed by atoms with van der Waals surface area (Å²) in [6.07, 6.45) is 2.09. The smallest absolute Gasteiger partial charge is 0.231 e. The van der Waals surface area contributed by atoms with Crippen molar-refractivity contribution in [2.45, 2.75) is 32.9 Å². The van der Waals surface area contributed by atoms with Gasteiger partial charge in [-0.15, -0.1) is 0 Å². The third-order valence-electron chi connectivity index (χ3n) is 3.57. The molecule has 0 spiro atoms. The van der Waals surface area contributed by atoms with Crippen molar-refractivity contribution in [2.24, 2.45) is 7.05 Å². The molecule has 0 aliphatic carbocycles. The van der Waals surface area contributed by atoms with Crippen molar-refractivity contribution in [1.82, 2.24) is 15.1 Å². The van der Waals surface area contributed by atoms with E-state index in [1.165, 1.54) is 11.1 Å². The van der Waals surface area contributed by atoms with E-state index in [9.17, 15) is 0 Å². The molecule has 1 aromatic heterocycles. The van der Waals surface area contributed by atoms with Gasteiger partial charge in [-0.2, -0.15) is 5.10 Å². The van der Waals surface area contributed by atoms with E-state index < -0.39 is 0 Å². The fraction of sp³-hybridized carbons (Fsp3) is 0.438. The van der Waals surface area contributed by atoms with Crippen LogP contribution < -0.4 is 14.8 Å². The number of ether oxygens (including phenoxy) is 2. The second-order valence-electron chi connectivity index (χ2n) is 5.66. The number of aryl methyl sites for hydroxylation is 1. The Kier molecular flexibility index (Phi) is 3.84. The van der Waals surface area contributed by atoms with Crippen LogP contribution in [0.4, 0.5) is 0 Å². The molecule has 0 saturated carbocycles. The summed E-state index contributed by atoms with van der Waals surface area (Å²) < 4.78 is 12.6. The molecule has 21 heavy (non-hydrogen) atoms. The van der Waals surface area contributed by atoms with Crippen LogP contribution >= 0.6 is 0 Å². The molecular weight excluding hydrogens is 266 g/mol. The predicted molar refractivity (Wildman–Crippen MR) is 80.4 cm³/mol. The molecule has 3 rings (SSSR count). The molecule has 5 nitrogen and oxygen atoms in total. The van der Waals surface area contributed by atoms with E-state index >= 15 is 0 Å². The van der Waals surface area contributed by atoms with Gasteiger partial charge in [0.15, 0.2) is 11.5 Å². The molecule has 112 valence electrons. The van der Waals surface area contributed by atoms with Gasteiger partial charge in [0.2, 0.25) is 6.79 Å². The van der Waals surface area contributed by atoms with Crippen LogP contribution in [0.2, 0.25) is 0 Å². The quantitative estimate of drug-likeness (QED) is 0.918. The Morgan fingerprint density at radius 3 is 2.86 bits per heavy atom. The summed E-state index contributed by atoms with van der Waals surface area (Å²) in [6.45, 7) is 6.27. The molecule has 0 unspecified atom stereocenters. The molecule has 0 saturated heterocycles. The van der Waals surface area contributed by atoms with Gasteiger partial charge in [0, 0.05) is 31.9 Å². The number of rotatable bonds is 5. The van der Waals surface area contributed by atoms with Gasteiger partial charge >= 0.3 is 0 Å². The minimum absolute atomic E-state index is 0.319. The Morgan fingerprint density at radius 1 is 1.24 bits per heavy atom. The van der Waals surface area contributed by atoms with Crippen LogP contribution in [0.15, 0.2) is 24.4 Å². The van der Waals surface area contributed by atoms with Gasteiger partial charge in [0.05, 0.1) is 5.69 Å². The Morgan fingerprint density at radius 2 is 2.05 bits per heavy atom. The maximum Gasteiger partial charge on any atom is 0.231 e. The lowest BCUT2D eigenvalue weighted by Gasteiger charge is -2.07. The summed E-state index contributed by atoms with van der Waals surface area (Å²) in [5.41, 5.74) is 3.61. The van der Waals surface area contributed by atoms with Crippen molar-refractivity contribution in [3.05, 3.63) is 41.2 Å². The molecule has 2 aromatic rings. The molecule has 0 atom stereocenters.